The fourth-order valence-electron chi connectivity index (χ4n) is 6.84. The van der Waals surface area contributed by atoms with Gasteiger partial charge in [-0.3, -0.25) is 29.3 Å². The molecule has 4 aromatic rings. The van der Waals surface area contributed by atoms with E-state index in [1.807, 2.05) is 70.3 Å². The minimum Gasteiger partial charge on any atom is -0.485 e. The summed E-state index contributed by atoms with van der Waals surface area (Å²) in [4.78, 5) is 67.3. The van der Waals surface area contributed by atoms with Crippen molar-refractivity contribution in [3.63, 3.8) is 0 Å². The van der Waals surface area contributed by atoms with Crippen LogP contribution in [0.25, 0.3) is 0 Å². The Bertz CT molecular complexity index is 2500. The molecule has 0 spiro atoms. The van der Waals surface area contributed by atoms with E-state index >= 15 is 0 Å². The summed E-state index contributed by atoms with van der Waals surface area (Å²) in [5.74, 6) is -3.67. The zero-order chi connectivity index (χ0) is 49.3. The van der Waals surface area contributed by atoms with Gasteiger partial charge in [-0.15, -0.1) is 0 Å². The molecule has 19 heteroatoms. The topological polar surface area (TPSA) is 231 Å². The summed E-state index contributed by atoms with van der Waals surface area (Å²) in [7, 11) is -7.60. The van der Waals surface area contributed by atoms with Crippen LogP contribution in [-0.4, -0.2) is 75.6 Å². The first-order chi connectivity index (χ1) is 31.4. The van der Waals surface area contributed by atoms with E-state index in [0.717, 1.165) is 35.4 Å². The van der Waals surface area contributed by atoms with Crippen molar-refractivity contribution in [2.45, 2.75) is 121 Å². The number of nitrogens with zero attached hydrogens (tertiary/aromatic N) is 1. The number of sulfonamides is 1. The molecular formula is C48H61N5O12SSi. The van der Waals surface area contributed by atoms with Gasteiger partial charge in [0.25, 0.3) is 5.69 Å². The third-order valence-corrected chi connectivity index (χ3v) is 18.0. The Morgan fingerprint density at radius 2 is 1.49 bits per heavy atom. The number of ether oxygens (including phenoxy) is 3. The lowest BCUT2D eigenvalue weighted by molar-refractivity contribution is -0.384. The summed E-state index contributed by atoms with van der Waals surface area (Å²) in [6.07, 6.45) is -1.28. The molecule has 4 N–H and O–H groups in total. The summed E-state index contributed by atoms with van der Waals surface area (Å²) in [6.45, 7) is 16.0. The van der Waals surface area contributed by atoms with Gasteiger partial charge in [-0.05, 0) is 78.4 Å². The van der Waals surface area contributed by atoms with Crippen LogP contribution >= 0.6 is 0 Å². The molecule has 0 aliphatic carbocycles. The van der Waals surface area contributed by atoms with Crippen molar-refractivity contribution in [1.29, 1.82) is 0 Å². The van der Waals surface area contributed by atoms with Gasteiger partial charge >= 0.3 is 5.97 Å². The van der Waals surface area contributed by atoms with Crippen LogP contribution < -0.4 is 30.1 Å². The molecule has 3 amide bonds. The number of carbonyl (C=O) groups is 4. The zero-order valence-corrected chi connectivity index (χ0v) is 41.1. The molecule has 1 aliphatic heterocycles. The van der Waals surface area contributed by atoms with Gasteiger partial charge in [-0.2, -0.15) is 4.72 Å². The molecule has 1 heterocycles. The number of non-ortho nitro benzene ring substituents is 1. The SMILES string of the molecule is CC[C@@]1(C)Oc2cc(ccc2OCc2ccccc2)[C@@H](O[Si](C)(C)C(C)(C)C)C(NS(=O)(=O)c2ccc([N+](=O)[O-])cc2)C(=O)N[C@@H](C(C)C)C(=O)N[C@@H]1C(=O)NCC(=O)OCc1ccccc1. The molecule has 1 aliphatic rings. The van der Waals surface area contributed by atoms with Crippen LogP contribution in [-0.2, 0) is 51.6 Å². The number of carbonyl (C=O) groups excluding carboxylic acids is 4. The number of esters is 1. The molecule has 5 rings (SSSR count). The van der Waals surface area contributed by atoms with Crippen LogP contribution in [0.15, 0.2) is 108 Å². The van der Waals surface area contributed by atoms with Crippen molar-refractivity contribution in [2.24, 2.45) is 5.92 Å². The van der Waals surface area contributed by atoms with Gasteiger partial charge in [0.1, 0.15) is 43.5 Å². The van der Waals surface area contributed by atoms with Gasteiger partial charge in [0.15, 0.2) is 19.8 Å². The molecule has 2 bridgehead atoms. The van der Waals surface area contributed by atoms with E-state index in [9.17, 15) is 37.7 Å². The lowest BCUT2D eigenvalue weighted by Crippen LogP contribution is -2.65. The van der Waals surface area contributed by atoms with Crippen LogP contribution in [0.3, 0.4) is 0 Å². The van der Waals surface area contributed by atoms with E-state index in [2.05, 4.69) is 20.7 Å². The normalized spacial score (nSPS) is 20.4. The highest BCUT2D eigenvalue weighted by Gasteiger charge is 2.47. The van der Waals surface area contributed by atoms with E-state index in [4.69, 9.17) is 18.6 Å². The average molecular weight is 960 g/mol. The minimum absolute atomic E-state index is 0.0332. The fourth-order valence-corrected chi connectivity index (χ4v) is 9.29. The molecular weight excluding hydrogens is 899 g/mol. The summed E-state index contributed by atoms with van der Waals surface area (Å²) in [6, 6.07) is 22.6. The highest BCUT2D eigenvalue weighted by Crippen LogP contribution is 2.43. The number of fused-ring (bicyclic) bond motifs is 2. The molecule has 0 fully saturated rings. The van der Waals surface area contributed by atoms with Gasteiger partial charge in [-0.25, -0.2) is 8.42 Å². The first kappa shape index (κ1) is 51.8. The van der Waals surface area contributed by atoms with Gasteiger partial charge in [0, 0.05) is 12.1 Å². The van der Waals surface area contributed by atoms with Crippen molar-refractivity contribution in [3.8, 4) is 11.5 Å². The van der Waals surface area contributed by atoms with E-state index < -0.39 is 94.3 Å². The summed E-state index contributed by atoms with van der Waals surface area (Å²) < 4.78 is 56.8. The molecule has 0 saturated carbocycles. The summed E-state index contributed by atoms with van der Waals surface area (Å²) in [5.41, 5.74) is -0.0897. The molecule has 360 valence electrons. The largest absolute Gasteiger partial charge is 0.485 e. The summed E-state index contributed by atoms with van der Waals surface area (Å²) >= 11 is 0. The fraction of sp³-hybridized carbons (Fsp3) is 0.417. The maximum atomic E-state index is 15.0. The van der Waals surface area contributed by atoms with Crippen LogP contribution in [0.1, 0.15) is 77.7 Å². The van der Waals surface area contributed by atoms with Crippen molar-refractivity contribution < 1.29 is 51.2 Å². The molecule has 17 nitrogen and oxygen atoms in total. The van der Waals surface area contributed by atoms with Crippen LogP contribution in [0.2, 0.25) is 18.1 Å². The third kappa shape index (κ3) is 13.3. The number of benzene rings is 4. The Labute approximate surface area is 393 Å². The first-order valence-electron chi connectivity index (χ1n) is 22.0. The Kier molecular flexibility index (Phi) is 16.7. The minimum atomic E-state index is -4.64. The monoisotopic (exact) mass is 959 g/mol. The lowest BCUT2D eigenvalue weighted by atomic mass is 9.91. The Morgan fingerprint density at radius 3 is 2.04 bits per heavy atom. The molecule has 1 unspecified atom stereocenters. The first-order valence-corrected chi connectivity index (χ1v) is 26.4. The number of amides is 3. The maximum absolute atomic E-state index is 15.0. The van der Waals surface area contributed by atoms with Crippen LogP contribution in [0.5, 0.6) is 11.5 Å². The highest BCUT2D eigenvalue weighted by atomic mass is 32.2. The number of nitro groups is 1. The predicted octanol–water partition coefficient (Wildman–Crippen LogP) is 6.63. The molecule has 0 aromatic heterocycles. The predicted molar refractivity (Wildman–Crippen MR) is 253 cm³/mol. The van der Waals surface area contributed by atoms with E-state index in [-0.39, 0.29) is 47.3 Å². The zero-order valence-electron chi connectivity index (χ0n) is 39.3. The van der Waals surface area contributed by atoms with E-state index in [1.54, 1.807) is 70.2 Å². The lowest BCUT2D eigenvalue weighted by Gasteiger charge is -2.41. The van der Waals surface area contributed by atoms with Crippen molar-refractivity contribution in [2.75, 3.05) is 6.54 Å². The maximum Gasteiger partial charge on any atom is 0.325 e. The van der Waals surface area contributed by atoms with Crippen molar-refractivity contribution in [1.82, 2.24) is 20.7 Å². The van der Waals surface area contributed by atoms with Gasteiger partial charge in [0.05, 0.1) is 15.9 Å². The molecule has 0 radical (unpaired) electrons. The van der Waals surface area contributed by atoms with Crippen LogP contribution in [0.4, 0.5) is 5.69 Å². The van der Waals surface area contributed by atoms with Gasteiger partial charge < -0.3 is 34.6 Å². The number of nitro benzene ring substituents is 1. The molecule has 5 atom stereocenters. The highest BCUT2D eigenvalue weighted by molar-refractivity contribution is 7.89. The standard InChI is InChI=1S/C48H61N5O12SSi/c1-10-48(7)43(46(57)49-28-39(54)63-30-33-19-15-12-16-20-33)51-44(55)40(31(2)3)50-45(56)41(52-66(60,61)36-24-22-35(23-25-36)53(58)59)42(65-67(8,9)47(4,5)6)34-21-26-37(38(27-34)64-48)62-29-32-17-13-11-14-18-32/h11-27,31,40-43,52H,10,28-30H2,1-9H3,(H,49,57)(H,50,56)(H,51,55)/t40-,41?,42+,43+,48+/m0/s1. The van der Waals surface area contributed by atoms with Crippen molar-refractivity contribution in [3.05, 3.63) is 130 Å². The second-order valence-electron chi connectivity index (χ2n) is 18.4. The smallest absolute Gasteiger partial charge is 0.325 e. The number of rotatable bonds is 16. The average Bonchev–Trinajstić information content (AvgIpc) is 3.29. The summed E-state index contributed by atoms with van der Waals surface area (Å²) in [5, 5.41) is 19.1. The molecule has 0 saturated heterocycles. The third-order valence-electron chi connectivity index (χ3n) is 12.1. The number of nitrogens with one attached hydrogen (secondary N) is 4. The number of hydrogen-bond acceptors (Lipinski definition) is 12. The van der Waals surface area contributed by atoms with Crippen LogP contribution in [0, 0.1) is 16.0 Å². The molecule has 67 heavy (non-hydrogen) atoms. The second-order valence-corrected chi connectivity index (χ2v) is 24.9. The molecule has 4 aromatic carbocycles. The van der Waals surface area contributed by atoms with E-state index in [1.165, 1.54) is 0 Å². The van der Waals surface area contributed by atoms with Gasteiger partial charge in [0.2, 0.25) is 27.7 Å². The van der Waals surface area contributed by atoms with Crippen molar-refractivity contribution >= 4 is 47.7 Å². The Balaban J connectivity index is 1.67. The second kappa shape index (κ2) is 21.6. The number of hydrogen-bond donors (Lipinski definition) is 4. The Hall–Kier alpha value is -6.15. The quantitative estimate of drug-likeness (QED) is 0.0401. The van der Waals surface area contributed by atoms with E-state index in [0.29, 0.717) is 0 Å². The van der Waals surface area contributed by atoms with Gasteiger partial charge in [-0.1, -0.05) is 108 Å². The Morgan fingerprint density at radius 1 is 0.896 bits per heavy atom.